The second kappa shape index (κ2) is 5.61. The van der Waals surface area contributed by atoms with Gasteiger partial charge in [0.05, 0.1) is 5.69 Å². The number of fused-ring (bicyclic) bond motifs is 1. The number of hydrogen-bond acceptors (Lipinski definition) is 5. The Morgan fingerprint density at radius 3 is 2.91 bits per heavy atom. The van der Waals surface area contributed by atoms with Crippen LogP contribution in [0, 0.1) is 0 Å². The molecule has 0 spiro atoms. The van der Waals surface area contributed by atoms with Gasteiger partial charge in [0.1, 0.15) is 12.4 Å². The molecule has 1 aromatic heterocycles. The monoisotopic (exact) mass is 297 g/mol. The normalized spacial score (nSPS) is 19.5. The molecule has 1 aliphatic rings. The smallest absolute Gasteiger partial charge is 0.342 e. The van der Waals surface area contributed by atoms with Crippen LogP contribution in [-0.2, 0) is 16.1 Å². The number of rotatable bonds is 3. The van der Waals surface area contributed by atoms with Crippen molar-refractivity contribution in [2.45, 2.75) is 18.6 Å². The third-order valence-corrected chi connectivity index (χ3v) is 3.56. The molecule has 1 atom stereocenters. The number of pyridine rings is 1. The van der Waals surface area contributed by atoms with Crippen molar-refractivity contribution in [1.29, 1.82) is 0 Å². The van der Waals surface area contributed by atoms with Gasteiger partial charge in [-0.15, -0.1) is 0 Å². The van der Waals surface area contributed by atoms with Gasteiger partial charge in [0.25, 0.3) is 0 Å². The summed E-state index contributed by atoms with van der Waals surface area (Å²) in [6, 6.07) is 10.3. The highest BCUT2D eigenvalue weighted by Crippen LogP contribution is 2.19. The van der Waals surface area contributed by atoms with Gasteiger partial charge in [-0.1, -0.05) is 24.3 Å². The number of ether oxygens (including phenoxy) is 1. The molecular weight excluding hydrogens is 282 g/mol. The fourth-order valence-electron chi connectivity index (χ4n) is 2.36. The van der Waals surface area contributed by atoms with Gasteiger partial charge in [-0.05, 0) is 29.5 Å². The van der Waals surface area contributed by atoms with Crippen molar-refractivity contribution in [3.8, 4) is 5.75 Å². The number of aromatic hydroxyl groups is 1. The number of carbonyl (C=O) groups is 1. The molecule has 2 aromatic rings. The topological polar surface area (TPSA) is 79.7 Å². The van der Waals surface area contributed by atoms with E-state index in [1.165, 1.54) is 12.1 Å². The van der Waals surface area contributed by atoms with Crippen molar-refractivity contribution in [3.05, 3.63) is 58.7 Å². The average molecular weight is 297 g/mol. The van der Waals surface area contributed by atoms with Gasteiger partial charge in [-0.2, -0.15) is 0 Å². The van der Waals surface area contributed by atoms with Crippen LogP contribution in [0.5, 0.6) is 5.75 Å². The Morgan fingerprint density at radius 1 is 1.27 bits per heavy atom. The summed E-state index contributed by atoms with van der Waals surface area (Å²) >= 11 is 0. The number of hydrogen-bond donors (Lipinski definition) is 2. The van der Waals surface area contributed by atoms with Gasteiger partial charge in [-0.3, -0.25) is 4.98 Å². The molecule has 1 unspecified atom stereocenters. The predicted molar refractivity (Wildman–Crippen MR) is 79.9 cm³/mol. The van der Waals surface area contributed by atoms with Crippen LogP contribution in [0.25, 0.3) is 12.2 Å². The Kier molecular flexibility index (Phi) is 3.65. The van der Waals surface area contributed by atoms with Crippen molar-refractivity contribution in [3.63, 3.8) is 0 Å². The van der Waals surface area contributed by atoms with Crippen LogP contribution in [0.15, 0.2) is 42.6 Å². The van der Waals surface area contributed by atoms with Crippen molar-refractivity contribution in [1.82, 2.24) is 4.98 Å². The fraction of sp³-hybridized carbons (Fsp3) is 0.176. The molecule has 0 bridgehead atoms. The summed E-state index contributed by atoms with van der Waals surface area (Å²) in [6.45, 7) is -0.0105. The van der Waals surface area contributed by atoms with E-state index in [0.29, 0.717) is 10.9 Å². The van der Waals surface area contributed by atoms with E-state index in [-0.39, 0.29) is 18.8 Å². The number of nitrogens with zero attached hydrogens (tertiary/aromatic N) is 1. The summed E-state index contributed by atoms with van der Waals surface area (Å²) in [4.78, 5) is 16.2. The molecule has 0 radical (unpaired) electrons. The minimum absolute atomic E-state index is 0.0105. The van der Waals surface area contributed by atoms with Crippen molar-refractivity contribution in [2.75, 3.05) is 0 Å². The first-order chi connectivity index (χ1) is 10.6. The molecule has 0 amide bonds. The molecule has 1 heterocycles. The van der Waals surface area contributed by atoms with E-state index in [9.17, 15) is 15.0 Å². The van der Waals surface area contributed by atoms with E-state index < -0.39 is 11.6 Å². The molecule has 0 saturated heterocycles. The molecule has 1 aromatic carbocycles. The van der Waals surface area contributed by atoms with Gasteiger partial charge in [-0.25, -0.2) is 4.79 Å². The maximum Gasteiger partial charge on any atom is 0.342 e. The number of phenolic OH excluding ortho intramolecular Hbond substituents is 1. The third kappa shape index (κ3) is 2.71. The maximum atomic E-state index is 12.2. The molecule has 0 aliphatic heterocycles. The van der Waals surface area contributed by atoms with Gasteiger partial charge >= 0.3 is 5.97 Å². The number of aliphatic hydroxyl groups is 1. The van der Waals surface area contributed by atoms with E-state index in [2.05, 4.69) is 4.98 Å². The SMILES string of the molecule is O=C(OCc1ccccn1)C1(O)C=c2c(O)cccc2=CC1. The minimum atomic E-state index is -1.78. The molecule has 5 nitrogen and oxygen atoms in total. The zero-order valence-corrected chi connectivity index (χ0v) is 11.8. The van der Waals surface area contributed by atoms with Crippen LogP contribution < -0.4 is 10.4 Å². The summed E-state index contributed by atoms with van der Waals surface area (Å²) in [5.74, 6) is -0.743. The predicted octanol–water partition coefficient (Wildman–Crippen LogP) is 0.226. The number of esters is 1. The van der Waals surface area contributed by atoms with Gasteiger partial charge in [0.15, 0.2) is 5.60 Å². The van der Waals surface area contributed by atoms with Crippen molar-refractivity contribution in [2.24, 2.45) is 0 Å². The highest BCUT2D eigenvalue weighted by Gasteiger charge is 2.36. The van der Waals surface area contributed by atoms with Crippen LogP contribution >= 0.6 is 0 Å². The van der Waals surface area contributed by atoms with E-state index in [1.807, 2.05) is 6.07 Å². The van der Waals surface area contributed by atoms with E-state index in [1.54, 1.807) is 36.5 Å². The first-order valence-corrected chi connectivity index (χ1v) is 6.89. The lowest BCUT2D eigenvalue weighted by Gasteiger charge is -2.23. The van der Waals surface area contributed by atoms with Crippen molar-refractivity contribution >= 4 is 18.1 Å². The second-order valence-corrected chi connectivity index (χ2v) is 5.15. The number of benzene rings is 1. The summed E-state index contributed by atoms with van der Waals surface area (Å²) in [5.41, 5.74) is -1.18. The average Bonchev–Trinajstić information content (AvgIpc) is 2.54. The van der Waals surface area contributed by atoms with Gasteiger partial charge < -0.3 is 14.9 Å². The number of phenols is 1. The standard InChI is InChI=1S/C17H15NO4/c19-15-6-3-4-12-7-8-17(21,10-14(12)15)16(20)22-11-13-5-1-2-9-18-13/h1-7,9-10,19,21H,8,11H2. The Morgan fingerprint density at radius 2 is 2.14 bits per heavy atom. The lowest BCUT2D eigenvalue weighted by Crippen LogP contribution is -2.44. The van der Waals surface area contributed by atoms with Crippen molar-refractivity contribution < 1.29 is 19.7 Å². The fourth-order valence-corrected chi connectivity index (χ4v) is 2.36. The molecule has 0 saturated carbocycles. The highest BCUT2D eigenvalue weighted by atomic mass is 16.5. The molecular formula is C17H15NO4. The van der Waals surface area contributed by atoms with Gasteiger partial charge in [0.2, 0.25) is 0 Å². The third-order valence-electron chi connectivity index (χ3n) is 3.56. The number of carbonyl (C=O) groups excluding carboxylic acids is 1. The summed E-state index contributed by atoms with van der Waals surface area (Å²) < 4.78 is 5.14. The van der Waals surface area contributed by atoms with E-state index in [0.717, 1.165) is 5.22 Å². The lowest BCUT2D eigenvalue weighted by molar-refractivity contribution is -0.160. The summed E-state index contributed by atoms with van der Waals surface area (Å²) in [7, 11) is 0. The van der Waals surface area contributed by atoms with E-state index in [4.69, 9.17) is 4.74 Å². The Balaban J connectivity index is 1.82. The van der Waals surface area contributed by atoms with E-state index >= 15 is 0 Å². The Labute approximate surface area is 126 Å². The molecule has 5 heteroatoms. The molecule has 0 fully saturated rings. The number of aromatic nitrogens is 1. The van der Waals surface area contributed by atoms with Crippen LogP contribution in [0.2, 0.25) is 0 Å². The molecule has 22 heavy (non-hydrogen) atoms. The highest BCUT2D eigenvalue weighted by molar-refractivity contribution is 5.88. The Hall–Kier alpha value is -2.66. The first kappa shape index (κ1) is 14.3. The molecule has 2 N–H and O–H groups in total. The maximum absolute atomic E-state index is 12.2. The van der Waals surface area contributed by atoms with Gasteiger partial charge in [0, 0.05) is 17.8 Å². The second-order valence-electron chi connectivity index (χ2n) is 5.15. The van der Waals surface area contributed by atoms with Crippen LogP contribution in [0.4, 0.5) is 0 Å². The zero-order valence-electron chi connectivity index (χ0n) is 11.8. The molecule has 3 rings (SSSR count). The quantitative estimate of drug-likeness (QED) is 0.793. The largest absolute Gasteiger partial charge is 0.507 e. The van der Waals surface area contributed by atoms with Crippen LogP contribution in [0.3, 0.4) is 0 Å². The molecule has 1 aliphatic carbocycles. The van der Waals surface area contributed by atoms with Crippen LogP contribution in [-0.4, -0.2) is 26.8 Å². The molecule has 112 valence electrons. The first-order valence-electron chi connectivity index (χ1n) is 6.89. The van der Waals surface area contributed by atoms with Crippen LogP contribution in [0.1, 0.15) is 12.1 Å². The minimum Gasteiger partial charge on any atom is -0.507 e. The Bertz CT molecular complexity index is 816. The summed E-state index contributed by atoms with van der Waals surface area (Å²) in [6.07, 6.45) is 4.76. The summed E-state index contributed by atoms with van der Waals surface area (Å²) in [5, 5.41) is 21.6. The zero-order chi connectivity index (χ0) is 15.6. The lowest BCUT2D eigenvalue weighted by atomic mass is 9.92.